The van der Waals surface area contributed by atoms with Gasteiger partial charge in [0.2, 0.25) is 0 Å². The Bertz CT molecular complexity index is 711. The number of ether oxygens (including phenoxy) is 1. The average molecular weight is 298 g/mol. The molecule has 0 amide bonds. The van der Waals surface area contributed by atoms with Gasteiger partial charge in [0.1, 0.15) is 0 Å². The molecule has 0 spiro atoms. The zero-order valence-corrected chi connectivity index (χ0v) is 11.9. The number of carbonyl (C=O) groups is 1. The van der Waals surface area contributed by atoms with E-state index in [2.05, 4.69) is 4.98 Å². The van der Waals surface area contributed by atoms with Crippen molar-refractivity contribution < 1.29 is 14.5 Å². The van der Waals surface area contributed by atoms with Gasteiger partial charge < -0.3 is 4.74 Å². The molecular weight excluding hydrogens is 284 g/mol. The summed E-state index contributed by atoms with van der Waals surface area (Å²) in [6.07, 6.45) is 4.52. The first kappa shape index (κ1) is 15.4. The number of non-ortho nitro benzene ring substituents is 1. The Morgan fingerprint density at radius 3 is 2.73 bits per heavy atom. The fourth-order valence-corrected chi connectivity index (χ4v) is 1.94. The number of hydrogen-bond acceptors (Lipinski definition) is 5. The van der Waals surface area contributed by atoms with Crippen LogP contribution in [0.4, 0.5) is 5.69 Å². The zero-order valence-electron chi connectivity index (χ0n) is 11.9. The second-order valence-corrected chi connectivity index (χ2v) is 4.36. The van der Waals surface area contributed by atoms with Crippen LogP contribution in [0.1, 0.15) is 18.1 Å². The number of rotatable bonds is 5. The van der Waals surface area contributed by atoms with Crippen LogP contribution in [0.3, 0.4) is 0 Å². The summed E-state index contributed by atoms with van der Waals surface area (Å²) in [5.74, 6) is -0.507. The molecule has 0 fully saturated rings. The van der Waals surface area contributed by atoms with Crippen LogP contribution < -0.4 is 0 Å². The van der Waals surface area contributed by atoms with Crippen LogP contribution >= 0.6 is 0 Å². The number of nitro groups is 1. The predicted molar refractivity (Wildman–Crippen MR) is 81.0 cm³/mol. The van der Waals surface area contributed by atoms with Gasteiger partial charge in [-0.3, -0.25) is 15.1 Å². The Hall–Kier alpha value is -3.02. The lowest BCUT2D eigenvalue weighted by Crippen LogP contribution is -2.02. The number of aromatic nitrogens is 1. The molecule has 0 aliphatic heterocycles. The third-order valence-corrected chi connectivity index (χ3v) is 2.89. The summed E-state index contributed by atoms with van der Waals surface area (Å²) in [5.41, 5.74) is 1.71. The minimum Gasteiger partial charge on any atom is -0.463 e. The Labute approximate surface area is 127 Å². The Morgan fingerprint density at radius 1 is 1.32 bits per heavy atom. The van der Waals surface area contributed by atoms with E-state index in [1.165, 1.54) is 18.2 Å². The van der Waals surface area contributed by atoms with Gasteiger partial charge in [-0.15, -0.1) is 0 Å². The summed E-state index contributed by atoms with van der Waals surface area (Å²) in [6, 6.07) is 9.59. The monoisotopic (exact) mass is 298 g/mol. The van der Waals surface area contributed by atoms with Crippen LogP contribution in [-0.2, 0) is 9.53 Å². The van der Waals surface area contributed by atoms with Crippen molar-refractivity contribution in [2.75, 3.05) is 6.61 Å². The van der Waals surface area contributed by atoms with Crippen LogP contribution in [0.15, 0.2) is 54.9 Å². The lowest BCUT2D eigenvalue weighted by Gasteiger charge is -2.08. The van der Waals surface area contributed by atoms with E-state index < -0.39 is 10.9 Å². The predicted octanol–water partition coefficient (Wildman–Crippen LogP) is 2.98. The molecule has 0 aliphatic carbocycles. The van der Waals surface area contributed by atoms with Crippen molar-refractivity contribution in [3.05, 3.63) is 76.1 Å². The van der Waals surface area contributed by atoms with E-state index in [0.29, 0.717) is 16.7 Å². The summed E-state index contributed by atoms with van der Waals surface area (Å²) < 4.78 is 4.92. The molecule has 0 atom stereocenters. The number of hydrogen-bond donors (Lipinski definition) is 0. The molecule has 22 heavy (non-hydrogen) atoms. The number of pyridine rings is 1. The first-order valence-electron chi connectivity index (χ1n) is 6.65. The highest BCUT2D eigenvalue weighted by atomic mass is 16.6. The lowest BCUT2D eigenvalue weighted by molar-refractivity contribution is -0.384. The topological polar surface area (TPSA) is 82.3 Å². The molecular formula is C16H14N2O4. The van der Waals surface area contributed by atoms with Gasteiger partial charge in [-0.25, -0.2) is 4.79 Å². The van der Waals surface area contributed by atoms with Crippen molar-refractivity contribution >= 4 is 17.2 Å². The maximum atomic E-state index is 11.8. The van der Waals surface area contributed by atoms with Gasteiger partial charge in [0.05, 0.1) is 11.5 Å². The van der Waals surface area contributed by atoms with Gasteiger partial charge in [0.25, 0.3) is 5.69 Å². The maximum absolute atomic E-state index is 11.8. The minimum atomic E-state index is -0.507. The van der Waals surface area contributed by atoms with E-state index in [9.17, 15) is 14.9 Å². The van der Waals surface area contributed by atoms with Crippen LogP contribution in [0, 0.1) is 10.1 Å². The molecule has 2 rings (SSSR count). The number of nitrogens with zero attached hydrogens (tertiary/aromatic N) is 2. The van der Waals surface area contributed by atoms with E-state index in [0.717, 1.165) is 0 Å². The average Bonchev–Trinajstić information content (AvgIpc) is 2.54. The van der Waals surface area contributed by atoms with E-state index in [1.54, 1.807) is 43.6 Å². The van der Waals surface area contributed by atoms with Gasteiger partial charge in [-0.2, -0.15) is 0 Å². The highest BCUT2D eigenvalue weighted by Crippen LogP contribution is 2.26. The first-order chi connectivity index (χ1) is 10.6. The molecule has 6 nitrogen and oxygen atoms in total. The second kappa shape index (κ2) is 7.12. The van der Waals surface area contributed by atoms with Gasteiger partial charge in [0.15, 0.2) is 0 Å². The molecule has 0 N–H and O–H groups in total. The van der Waals surface area contributed by atoms with Gasteiger partial charge in [-0.05, 0) is 24.1 Å². The number of benzene rings is 1. The standard InChI is InChI=1S/C16H14N2O4/c1-2-22-16(19)10-15(13-6-4-8-17-11-13)12-5-3-7-14(9-12)18(20)21/h3-11H,2H2,1H3/b15-10-. The zero-order chi connectivity index (χ0) is 15.9. The van der Waals surface area contributed by atoms with Gasteiger partial charge in [-0.1, -0.05) is 18.2 Å². The quantitative estimate of drug-likeness (QED) is 0.367. The molecule has 1 aromatic heterocycles. The molecule has 1 aromatic carbocycles. The van der Waals surface area contributed by atoms with Crippen molar-refractivity contribution in [3.8, 4) is 0 Å². The molecule has 1 heterocycles. The lowest BCUT2D eigenvalue weighted by atomic mass is 9.98. The summed E-state index contributed by atoms with van der Waals surface area (Å²) in [7, 11) is 0. The van der Waals surface area contributed by atoms with E-state index in [4.69, 9.17) is 4.74 Å². The Kier molecular flexibility index (Phi) is 4.98. The first-order valence-corrected chi connectivity index (χ1v) is 6.65. The van der Waals surface area contributed by atoms with Crippen molar-refractivity contribution in [3.63, 3.8) is 0 Å². The molecule has 2 aromatic rings. The van der Waals surface area contributed by atoms with Crippen molar-refractivity contribution in [2.45, 2.75) is 6.92 Å². The van der Waals surface area contributed by atoms with Crippen LogP contribution in [0.25, 0.3) is 5.57 Å². The summed E-state index contributed by atoms with van der Waals surface area (Å²) in [4.78, 5) is 26.2. The highest BCUT2D eigenvalue weighted by Gasteiger charge is 2.12. The van der Waals surface area contributed by atoms with Gasteiger partial charge in [0, 0.05) is 36.2 Å². The van der Waals surface area contributed by atoms with Crippen molar-refractivity contribution in [2.24, 2.45) is 0 Å². The molecule has 0 radical (unpaired) electrons. The largest absolute Gasteiger partial charge is 0.463 e. The minimum absolute atomic E-state index is 0.0452. The molecule has 0 aliphatic rings. The number of carbonyl (C=O) groups excluding carboxylic acids is 1. The third-order valence-electron chi connectivity index (χ3n) is 2.89. The third kappa shape index (κ3) is 3.76. The molecule has 112 valence electrons. The maximum Gasteiger partial charge on any atom is 0.331 e. The molecule has 0 saturated heterocycles. The molecule has 0 bridgehead atoms. The van der Waals surface area contributed by atoms with Gasteiger partial charge >= 0.3 is 5.97 Å². The van der Waals surface area contributed by atoms with Crippen LogP contribution in [0.2, 0.25) is 0 Å². The highest BCUT2D eigenvalue weighted by molar-refractivity contribution is 5.96. The fraction of sp³-hybridized carbons (Fsp3) is 0.125. The molecule has 6 heteroatoms. The summed E-state index contributed by atoms with van der Waals surface area (Å²) in [5, 5.41) is 10.9. The van der Waals surface area contributed by atoms with E-state index >= 15 is 0 Å². The molecule has 0 unspecified atom stereocenters. The van der Waals surface area contributed by atoms with E-state index in [1.807, 2.05) is 0 Å². The van der Waals surface area contributed by atoms with Crippen LogP contribution in [0.5, 0.6) is 0 Å². The van der Waals surface area contributed by atoms with E-state index in [-0.39, 0.29) is 12.3 Å². The number of nitro benzene ring substituents is 1. The van der Waals surface area contributed by atoms with Crippen LogP contribution in [-0.4, -0.2) is 22.5 Å². The second-order valence-electron chi connectivity index (χ2n) is 4.36. The summed E-state index contributed by atoms with van der Waals surface area (Å²) >= 11 is 0. The Balaban J connectivity index is 2.51. The normalized spacial score (nSPS) is 11.0. The SMILES string of the molecule is CCOC(=O)/C=C(\c1cccnc1)c1cccc([N+](=O)[O-])c1. The Morgan fingerprint density at radius 2 is 2.09 bits per heavy atom. The smallest absolute Gasteiger partial charge is 0.331 e. The summed E-state index contributed by atoms with van der Waals surface area (Å²) in [6.45, 7) is 1.97. The van der Waals surface area contributed by atoms with Crippen molar-refractivity contribution in [1.82, 2.24) is 4.98 Å². The fourth-order valence-electron chi connectivity index (χ4n) is 1.94. The number of esters is 1. The van der Waals surface area contributed by atoms with Crippen molar-refractivity contribution in [1.29, 1.82) is 0 Å². The molecule has 0 saturated carbocycles.